The smallest absolute Gasteiger partial charge is 0.385 e. The maximum Gasteiger partial charge on any atom is 0.416 e. The van der Waals surface area contributed by atoms with Crippen molar-refractivity contribution in [2.45, 2.75) is 25.6 Å². The van der Waals surface area contributed by atoms with Gasteiger partial charge in [-0.15, -0.1) is 0 Å². The second kappa shape index (κ2) is 13.7. The van der Waals surface area contributed by atoms with Crippen molar-refractivity contribution in [1.82, 2.24) is 14.8 Å². The molecule has 1 heterocycles. The molecule has 1 N–H and O–H groups in total. The standard InChI is InChI=1S/C31H31ClF3N3O3/c1-41-17-5-15-38(30(40)23-6-4-7-26(32)18-23)21-29(39)37(20-22-10-12-25(13-11-22)31(33,34)35)16-14-24-19-36-28-9-3-2-8-27(24)28/h2-4,6-13,18-19,36H,5,14-17,20-21H2,1H3. The third kappa shape index (κ3) is 8.11. The second-order valence-electron chi connectivity index (χ2n) is 9.70. The van der Waals surface area contributed by atoms with Gasteiger partial charge in [0.1, 0.15) is 6.54 Å². The average molecular weight is 586 g/mol. The van der Waals surface area contributed by atoms with Gasteiger partial charge in [0.15, 0.2) is 0 Å². The zero-order valence-electron chi connectivity index (χ0n) is 22.6. The lowest BCUT2D eigenvalue weighted by atomic mass is 10.1. The van der Waals surface area contributed by atoms with Crippen LogP contribution in [0.3, 0.4) is 0 Å². The number of hydrogen-bond donors (Lipinski definition) is 1. The lowest BCUT2D eigenvalue weighted by Gasteiger charge is -2.28. The molecule has 0 saturated heterocycles. The highest BCUT2D eigenvalue weighted by Gasteiger charge is 2.30. The van der Waals surface area contributed by atoms with E-state index in [1.165, 1.54) is 17.0 Å². The van der Waals surface area contributed by atoms with E-state index in [4.69, 9.17) is 16.3 Å². The van der Waals surface area contributed by atoms with Gasteiger partial charge in [0.2, 0.25) is 5.91 Å². The van der Waals surface area contributed by atoms with Gasteiger partial charge in [0, 0.05) is 61.0 Å². The Kier molecular flexibility index (Phi) is 10.1. The molecule has 0 aliphatic heterocycles. The Morgan fingerprint density at radius 2 is 1.71 bits per heavy atom. The van der Waals surface area contributed by atoms with E-state index in [0.717, 1.165) is 28.6 Å². The molecule has 0 aliphatic carbocycles. The number of nitrogens with zero attached hydrogens (tertiary/aromatic N) is 2. The zero-order chi connectivity index (χ0) is 29.4. The number of para-hydroxylation sites is 1. The van der Waals surface area contributed by atoms with Crippen molar-refractivity contribution in [3.8, 4) is 0 Å². The lowest BCUT2D eigenvalue weighted by molar-refractivity contribution is -0.137. The number of hydrogen-bond acceptors (Lipinski definition) is 3. The summed E-state index contributed by atoms with van der Waals surface area (Å²) in [5, 5.41) is 1.44. The molecule has 0 fully saturated rings. The van der Waals surface area contributed by atoms with Gasteiger partial charge < -0.3 is 19.5 Å². The lowest BCUT2D eigenvalue weighted by Crippen LogP contribution is -2.44. The number of nitrogens with one attached hydrogen (secondary N) is 1. The minimum absolute atomic E-state index is 0.0938. The molecule has 4 aromatic rings. The molecule has 0 unspecified atom stereocenters. The number of aromatic amines is 1. The number of fused-ring (bicyclic) bond motifs is 1. The van der Waals surface area contributed by atoms with E-state index in [1.807, 2.05) is 30.5 Å². The summed E-state index contributed by atoms with van der Waals surface area (Å²) in [5.74, 6) is -0.666. The van der Waals surface area contributed by atoms with Crippen LogP contribution in [0.15, 0.2) is 79.0 Å². The van der Waals surface area contributed by atoms with Crippen molar-refractivity contribution >= 4 is 34.3 Å². The SMILES string of the molecule is COCCCN(CC(=O)N(CCc1c[nH]c2ccccc12)Cc1ccc(C(F)(F)F)cc1)C(=O)c1cccc(Cl)c1. The van der Waals surface area contributed by atoms with Crippen molar-refractivity contribution < 1.29 is 27.5 Å². The molecular formula is C31H31ClF3N3O3. The van der Waals surface area contributed by atoms with Crippen LogP contribution in [0.25, 0.3) is 10.9 Å². The van der Waals surface area contributed by atoms with Gasteiger partial charge in [0.25, 0.3) is 5.91 Å². The van der Waals surface area contributed by atoms with E-state index in [0.29, 0.717) is 42.1 Å². The van der Waals surface area contributed by atoms with E-state index in [2.05, 4.69) is 4.98 Å². The van der Waals surface area contributed by atoms with E-state index < -0.39 is 11.7 Å². The highest BCUT2D eigenvalue weighted by molar-refractivity contribution is 6.31. The Labute approximate surface area is 241 Å². The van der Waals surface area contributed by atoms with Crippen LogP contribution in [0.2, 0.25) is 5.02 Å². The summed E-state index contributed by atoms with van der Waals surface area (Å²) < 4.78 is 44.5. The van der Waals surface area contributed by atoms with Crippen LogP contribution in [-0.4, -0.2) is 59.9 Å². The van der Waals surface area contributed by atoms with Crippen LogP contribution in [0.5, 0.6) is 0 Å². The van der Waals surface area contributed by atoms with Crippen molar-refractivity contribution in [3.05, 3.63) is 106 Å². The van der Waals surface area contributed by atoms with Crippen LogP contribution in [0.4, 0.5) is 13.2 Å². The number of methoxy groups -OCH3 is 1. The van der Waals surface area contributed by atoms with E-state index in [-0.39, 0.29) is 31.4 Å². The quantitative estimate of drug-likeness (QED) is 0.191. The van der Waals surface area contributed by atoms with Crippen LogP contribution >= 0.6 is 11.6 Å². The summed E-state index contributed by atoms with van der Waals surface area (Å²) >= 11 is 6.10. The Morgan fingerprint density at radius 3 is 2.41 bits per heavy atom. The van der Waals surface area contributed by atoms with Gasteiger partial charge in [-0.05, 0) is 60.4 Å². The minimum Gasteiger partial charge on any atom is -0.385 e. The second-order valence-corrected chi connectivity index (χ2v) is 10.1. The highest BCUT2D eigenvalue weighted by atomic mass is 35.5. The first-order valence-electron chi connectivity index (χ1n) is 13.2. The molecule has 41 heavy (non-hydrogen) atoms. The third-order valence-corrected chi connectivity index (χ3v) is 7.03. The molecule has 10 heteroatoms. The molecule has 0 saturated carbocycles. The fourth-order valence-electron chi connectivity index (χ4n) is 4.62. The number of carbonyl (C=O) groups is 2. The van der Waals surface area contributed by atoms with Crippen molar-refractivity contribution in [2.75, 3.05) is 33.4 Å². The minimum atomic E-state index is -4.45. The first-order valence-corrected chi connectivity index (χ1v) is 13.6. The zero-order valence-corrected chi connectivity index (χ0v) is 23.3. The molecule has 4 rings (SSSR count). The average Bonchev–Trinajstić information content (AvgIpc) is 3.37. The van der Waals surface area contributed by atoms with Gasteiger partial charge in [-0.25, -0.2) is 0 Å². The molecule has 1 aromatic heterocycles. The monoisotopic (exact) mass is 585 g/mol. The van der Waals surface area contributed by atoms with Gasteiger partial charge in [-0.1, -0.05) is 48.0 Å². The van der Waals surface area contributed by atoms with Crippen molar-refractivity contribution in [2.24, 2.45) is 0 Å². The number of amides is 2. The molecule has 0 radical (unpaired) electrons. The number of H-pyrrole nitrogens is 1. The summed E-state index contributed by atoms with van der Waals surface area (Å²) in [6.07, 6.45) is -1.52. The van der Waals surface area contributed by atoms with Crippen molar-refractivity contribution in [3.63, 3.8) is 0 Å². The number of rotatable bonds is 12. The van der Waals surface area contributed by atoms with E-state index in [1.54, 1.807) is 36.3 Å². The molecular weight excluding hydrogens is 555 g/mol. The number of alkyl halides is 3. The fraction of sp³-hybridized carbons (Fsp3) is 0.290. The first kappa shape index (κ1) is 30.1. The third-order valence-electron chi connectivity index (χ3n) is 6.79. The highest BCUT2D eigenvalue weighted by Crippen LogP contribution is 2.29. The normalized spacial score (nSPS) is 11.5. The van der Waals surface area contributed by atoms with Crippen LogP contribution in [-0.2, 0) is 28.7 Å². The molecule has 0 aliphatic rings. The van der Waals surface area contributed by atoms with Gasteiger partial charge in [-0.3, -0.25) is 9.59 Å². The summed E-state index contributed by atoms with van der Waals surface area (Å²) in [6, 6.07) is 19.1. The number of ether oxygens (including phenoxy) is 1. The van der Waals surface area contributed by atoms with Crippen molar-refractivity contribution in [1.29, 1.82) is 0 Å². The first-order chi connectivity index (χ1) is 19.7. The Hall–Kier alpha value is -3.82. The summed E-state index contributed by atoms with van der Waals surface area (Å²) in [7, 11) is 1.56. The predicted molar refractivity (Wildman–Crippen MR) is 153 cm³/mol. The molecule has 0 spiro atoms. The summed E-state index contributed by atoms with van der Waals surface area (Å²) in [4.78, 5) is 33.4. The Morgan fingerprint density at radius 1 is 0.951 bits per heavy atom. The molecule has 3 aromatic carbocycles. The summed E-state index contributed by atoms with van der Waals surface area (Å²) in [6.45, 7) is 0.879. The number of benzene rings is 3. The number of halogens is 4. The topological polar surface area (TPSA) is 65.6 Å². The van der Waals surface area contributed by atoms with E-state index in [9.17, 15) is 22.8 Å². The molecule has 6 nitrogen and oxygen atoms in total. The van der Waals surface area contributed by atoms with Gasteiger partial charge in [-0.2, -0.15) is 13.2 Å². The Balaban J connectivity index is 1.56. The van der Waals surface area contributed by atoms with Gasteiger partial charge >= 0.3 is 6.18 Å². The predicted octanol–water partition coefficient (Wildman–Crippen LogP) is 6.59. The maximum atomic E-state index is 13.7. The maximum absolute atomic E-state index is 13.7. The fourth-order valence-corrected chi connectivity index (χ4v) is 4.82. The molecule has 0 atom stereocenters. The molecule has 216 valence electrons. The Bertz CT molecular complexity index is 1470. The van der Waals surface area contributed by atoms with E-state index >= 15 is 0 Å². The molecule has 2 amide bonds. The number of aromatic nitrogens is 1. The van der Waals surface area contributed by atoms with Crippen LogP contribution in [0, 0.1) is 0 Å². The van der Waals surface area contributed by atoms with Crippen LogP contribution in [0.1, 0.15) is 33.5 Å². The summed E-state index contributed by atoms with van der Waals surface area (Å²) in [5.41, 5.74) is 2.14. The largest absolute Gasteiger partial charge is 0.416 e. The van der Waals surface area contributed by atoms with Crippen LogP contribution < -0.4 is 0 Å². The molecule has 0 bridgehead atoms. The van der Waals surface area contributed by atoms with Gasteiger partial charge in [0.05, 0.1) is 5.56 Å². The number of carbonyl (C=O) groups excluding carboxylic acids is 2.